The fourth-order valence-corrected chi connectivity index (χ4v) is 5.81. The Morgan fingerprint density at radius 1 is 1.06 bits per heavy atom. The van der Waals surface area contributed by atoms with Gasteiger partial charge in [-0.3, -0.25) is 0 Å². The van der Waals surface area contributed by atoms with Crippen molar-refractivity contribution in [3.05, 3.63) is 59.2 Å². The number of aryl methyl sites for hydroxylation is 1. The first-order valence-corrected chi connectivity index (χ1v) is 12.5. The normalized spacial score (nSPS) is 15.2. The minimum absolute atomic E-state index is 0.0507. The Bertz CT molecular complexity index is 1240. The summed E-state index contributed by atoms with van der Waals surface area (Å²) in [6.45, 7) is 6.97. The van der Waals surface area contributed by atoms with Gasteiger partial charge in [0.15, 0.2) is 0 Å². The summed E-state index contributed by atoms with van der Waals surface area (Å²) in [6.07, 6.45) is 3.99. The topological polar surface area (TPSA) is 85.7 Å². The Morgan fingerprint density at radius 3 is 2.24 bits per heavy atom. The lowest BCUT2D eigenvalue weighted by atomic mass is 10.1. The Morgan fingerprint density at radius 2 is 1.67 bits per heavy atom. The molecule has 2 heterocycles. The van der Waals surface area contributed by atoms with Crippen LogP contribution in [0.1, 0.15) is 38.3 Å². The van der Waals surface area contributed by atoms with Crippen molar-refractivity contribution in [2.24, 2.45) is 0 Å². The summed E-state index contributed by atoms with van der Waals surface area (Å²) in [5.74, 6) is 0.677. The molecule has 4 rings (SSSR count). The summed E-state index contributed by atoms with van der Waals surface area (Å²) in [7, 11) is -3.51. The molecule has 0 saturated carbocycles. The molecule has 1 fully saturated rings. The molecule has 33 heavy (non-hydrogen) atoms. The van der Waals surface area contributed by atoms with Gasteiger partial charge in [-0.25, -0.2) is 8.42 Å². The molecule has 3 aromatic rings. The van der Waals surface area contributed by atoms with Crippen LogP contribution in [0.15, 0.2) is 53.6 Å². The predicted molar refractivity (Wildman–Crippen MR) is 126 cm³/mol. The van der Waals surface area contributed by atoms with Gasteiger partial charge in [-0.1, -0.05) is 17.7 Å². The number of sulfonamides is 1. The van der Waals surface area contributed by atoms with Crippen LogP contribution >= 0.6 is 11.6 Å². The van der Waals surface area contributed by atoms with E-state index in [1.807, 2.05) is 26.0 Å². The van der Waals surface area contributed by atoms with Gasteiger partial charge in [0.25, 0.3) is 0 Å². The van der Waals surface area contributed by atoms with Crippen LogP contribution in [-0.2, 0) is 19.6 Å². The minimum atomic E-state index is -3.51. The Hall–Kier alpha value is -2.64. The first-order chi connectivity index (χ1) is 15.7. The number of carbonyl (C=O) groups excluding carboxylic acids is 2. The fraction of sp³-hybridized carbons (Fsp3) is 0.375. The van der Waals surface area contributed by atoms with Crippen molar-refractivity contribution >= 4 is 38.7 Å². The van der Waals surface area contributed by atoms with Gasteiger partial charge in [0, 0.05) is 35.7 Å². The molecule has 0 spiro atoms. The summed E-state index contributed by atoms with van der Waals surface area (Å²) < 4.78 is 35.6. The second-order valence-electron chi connectivity index (χ2n) is 8.24. The number of nitrogens with zero attached hydrogens (tertiary/aromatic N) is 2. The van der Waals surface area contributed by atoms with E-state index >= 15 is 0 Å². The van der Waals surface area contributed by atoms with Gasteiger partial charge < -0.3 is 9.30 Å². The summed E-state index contributed by atoms with van der Waals surface area (Å²) in [5, 5.41) is 1.91. The van der Waals surface area contributed by atoms with Crippen LogP contribution < -0.4 is 4.74 Å². The molecule has 2 aromatic carbocycles. The number of halogens is 1. The SMILES string of the molecule is Cc1cn(C2CCN(S(=O)(=O)c3ccc(OC(C)C)cc3)CC2)c2cc(Cl)ccc12.O=C=O. The summed E-state index contributed by atoms with van der Waals surface area (Å²) in [6, 6.07) is 12.9. The molecule has 1 aromatic heterocycles. The number of ether oxygens (including phenoxy) is 1. The van der Waals surface area contributed by atoms with Crippen LogP contribution in [0.4, 0.5) is 0 Å². The first kappa shape index (κ1) is 25.0. The van der Waals surface area contributed by atoms with Crippen molar-refractivity contribution < 1.29 is 22.7 Å². The number of rotatable bonds is 5. The smallest absolute Gasteiger partial charge is 0.373 e. The molecule has 1 saturated heterocycles. The Labute approximate surface area is 198 Å². The quantitative estimate of drug-likeness (QED) is 0.511. The van der Waals surface area contributed by atoms with Gasteiger partial charge in [-0.05, 0) is 75.6 Å². The van der Waals surface area contributed by atoms with E-state index in [9.17, 15) is 8.42 Å². The molecular weight excluding hydrogens is 464 g/mol. The van der Waals surface area contributed by atoms with E-state index in [-0.39, 0.29) is 18.3 Å². The van der Waals surface area contributed by atoms with Crippen molar-refractivity contribution in [1.82, 2.24) is 8.87 Å². The summed E-state index contributed by atoms with van der Waals surface area (Å²) >= 11 is 6.22. The molecule has 7 nitrogen and oxygen atoms in total. The summed E-state index contributed by atoms with van der Waals surface area (Å²) in [4.78, 5) is 16.6. The second kappa shape index (κ2) is 10.5. The highest BCUT2D eigenvalue weighted by Crippen LogP contribution is 2.33. The van der Waals surface area contributed by atoms with E-state index in [4.69, 9.17) is 25.9 Å². The van der Waals surface area contributed by atoms with Crippen LogP contribution in [0.3, 0.4) is 0 Å². The van der Waals surface area contributed by atoms with Gasteiger partial charge in [0.05, 0.1) is 16.5 Å². The van der Waals surface area contributed by atoms with Crippen molar-refractivity contribution in [1.29, 1.82) is 0 Å². The third-order valence-electron chi connectivity index (χ3n) is 5.65. The lowest BCUT2D eigenvalue weighted by molar-refractivity contribution is -0.191. The molecule has 1 aliphatic heterocycles. The maximum absolute atomic E-state index is 13.1. The first-order valence-electron chi connectivity index (χ1n) is 10.7. The highest BCUT2D eigenvalue weighted by molar-refractivity contribution is 7.89. The monoisotopic (exact) mass is 490 g/mol. The number of aromatic nitrogens is 1. The van der Waals surface area contributed by atoms with Crippen LogP contribution in [-0.4, -0.2) is 42.6 Å². The van der Waals surface area contributed by atoms with E-state index in [0.717, 1.165) is 18.4 Å². The zero-order chi connectivity index (χ0) is 24.2. The van der Waals surface area contributed by atoms with E-state index in [1.54, 1.807) is 28.6 Å². The molecule has 0 atom stereocenters. The fourth-order valence-electron chi connectivity index (χ4n) is 4.17. The van der Waals surface area contributed by atoms with E-state index in [2.05, 4.69) is 23.8 Å². The standard InChI is InChI=1S/C23H27ClN2O3S.CO2/c1-16(2)29-20-5-7-21(8-6-20)30(27,28)25-12-10-19(11-13-25)26-15-17(3)22-9-4-18(24)14-23(22)26;2-1-3/h4-9,14-16,19H,10-13H2,1-3H3;. The van der Waals surface area contributed by atoms with Crippen molar-refractivity contribution in [2.75, 3.05) is 13.1 Å². The Kier molecular flexibility index (Phi) is 7.97. The van der Waals surface area contributed by atoms with Gasteiger partial charge in [-0.2, -0.15) is 13.9 Å². The zero-order valence-corrected chi connectivity index (χ0v) is 20.4. The third kappa shape index (κ3) is 5.65. The predicted octanol–water partition coefficient (Wildman–Crippen LogP) is 4.83. The Balaban J connectivity index is 0.000000968. The number of fused-ring (bicyclic) bond motifs is 1. The van der Waals surface area contributed by atoms with Gasteiger partial charge in [0.2, 0.25) is 10.0 Å². The number of benzene rings is 2. The maximum Gasteiger partial charge on any atom is 0.373 e. The van der Waals surface area contributed by atoms with Crippen molar-refractivity contribution in [2.45, 2.75) is 50.7 Å². The minimum Gasteiger partial charge on any atom is -0.491 e. The molecule has 0 bridgehead atoms. The number of hydrogen-bond donors (Lipinski definition) is 0. The molecule has 0 unspecified atom stereocenters. The van der Waals surface area contributed by atoms with Crippen LogP contribution in [0, 0.1) is 6.92 Å². The molecule has 0 aliphatic carbocycles. The largest absolute Gasteiger partial charge is 0.491 e. The van der Waals surface area contributed by atoms with Crippen LogP contribution in [0.2, 0.25) is 5.02 Å². The van der Waals surface area contributed by atoms with Crippen molar-refractivity contribution in [3.8, 4) is 5.75 Å². The molecule has 176 valence electrons. The number of piperidine rings is 1. The van der Waals surface area contributed by atoms with Gasteiger partial charge in [0.1, 0.15) is 5.75 Å². The van der Waals surface area contributed by atoms with E-state index < -0.39 is 10.0 Å². The second-order valence-corrected chi connectivity index (χ2v) is 10.6. The number of hydrogen-bond acceptors (Lipinski definition) is 5. The van der Waals surface area contributed by atoms with Gasteiger partial charge >= 0.3 is 6.15 Å². The molecule has 1 aliphatic rings. The molecule has 0 N–H and O–H groups in total. The van der Waals surface area contributed by atoms with Crippen molar-refractivity contribution in [3.63, 3.8) is 0 Å². The third-order valence-corrected chi connectivity index (χ3v) is 7.79. The average molecular weight is 491 g/mol. The maximum atomic E-state index is 13.1. The molecule has 9 heteroatoms. The van der Waals surface area contributed by atoms with Crippen LogP contribution in [0.25, 0.3) is 10.9 Å². The molecule has 0 amide bonds. The lowest BCUT2D eigenvalue weighted by Gasteiger charge is -2.32. The van der Waals surface area contributed by atoms with Gasteiger partial charge in [-0.15, -0.1) is 0 Å². The highest BCUT2D eigenvalue weighted by atomic mass is 35.5. The average Bonchev–Trinajstić information content (AvgIpc) is 3.10. The summed E-state index contributed by atoms with van der Waals surface area (Å²) in [5.41, 5.74) is 2.32. The molecule has 0 radical (unpaired) electrons. The zero-order valence-electron chi connectivity index (χ0n) is 18.8. The highest BCUT2D eigenvalue weighted by Gasteiger charge is 2.30. The van der Waals surface area contributed by atoms with Crippen LogP contribution in [0.5, 0.6) is 5.75 Å². The van der Waals surface area contributed by atoms with E-state index in [1.165, 1.54) is 10.9 Å². The van der Waals surface area contributed by atoms with E-state index in [0.29, 0.717) is 28.8 Å². The molecular formula is C24H27ClN2O5S. The lowest BCUT2D eigenvalue weighted by Crippen LogP contribution is -2.38.